The van der Waals surface area contributed by atoms with Crippen molar-refractivity contribution < 1.29 is 18.0 Å². The lowest BCUT2D eigenvalue weighted by atomic mass is 9.87. The second kappa shape index (κ2) is 13.3. The van der Waals surface area contributed by atoms with Gasteiger partial charge in [-0.05, 0) is 53.6 Å². The van der Waals surface area contributed by atoms with E-state index in [0.717, 1.165) is 34.5 Å². The van der Waals surface area contributed by atoms with Crippen LogP contribution in [-0.2, 0) is 31.6 Å². The Balaban J connectivity index is 2.40. The molecule has 0 unspecified atom stereocenters. The van der Waals surface area contributed by atoms with E-state index >= 15 is 0 Å². The quantitative estimate of drug-likeness (QED) is 0.372. The van der Waals surface area contributed by atoms with Crippen molar-refractivity contribution in [2.75, 3.05) is 23.7 Å². The molecule has 0 fully saturated rings. The molecule has 2 rings (SSSR count). The topological polar surface area (TPSA) is 86.8 Å². The van der Waals surface area contributed by atoms with Gasteiger partial charge in [0.05, 0.1) is 11.9 Å². The first-order chi connectivity index (χ1) is 17.3. The SMILES string of the molecule is CCCCNC(=O)[C@H](CC)N(Cc1ccc(Cl)cc1)C(=O)CN(c1ccc(C(C)(C)C)cc1)S(C)(=O)=O. The maximum Gasteiger partial charge on any atom is 0.244 e. The number of rotatable bonds is 12. The summed E-state index contributed by atoms with van der Waals surface area (Å²) in [6.45, 7) is 10.3. The molecule has 204 valence electrons. The summed E-state index contributed by atoms with van der Waals surface area (Å²) in [4.78, 5) is 28.2. The van der Waals surface area contributed by atoms with Gasteiger partial charge in [0.15, 0.2) is 0 Å². The minimum absolute atomic E-state index is 0.0981. The highest BCUT2D eigenvalue weighted by molar-refractivity contribution is 7.92. The molecule has 0 saturated heterocycles. The van der Waals surface area contributed by atoms with Crippen LogP contribution in [0.15, 0.2) is 48.5 Å². The van der Waals surface area contributed by atoms with Gasteiger partial charge in [-0.3, -0.25) is 13.9 Å². The van der Waals surface area contributed by atoms with Gasteiger partial charge in [0.1, 0.15) is 12.6 Å². The summed E-state index contributed by atoms with van der Waals surface area (Å²) in [6.07, 6.45) is 3.23. The number of nitrogens with zero attached hydrogens (tertiary/aromatic N) is 2. The Morgan fingerprint density at radius 1 is 1.00 bits per heavy atom. The summed E-state index contributed by atoms with van der Waals surface area (Å²) >= 11 is 6.03. The number of anilines is 1. The van der Waals surface area contributed by atoms with Gasteiger partial charge in [-0.1, -0.05) is 76.9 Å². The van der Waals surface area contributed by atoms with Crippen molar-refractivity contribution in [3.05, 3.63) is 64.7 Å². The second-order valence-electron chi connectivity index (χ2n) is 10.3. The van der Waals surface area contributed by atoms with Gasteiger partial charge < -0.3 is 10.2 Å². The highest BCUT2D eigenvalue weighted by Crippen LogP contribution is 2.26. The molecule has 2 aromatic carbocycles. The largest absolute Gasteiger partial charge is 0.354 e. The number of carbonyl (C=O) groups is 2. The van der Waals surface area contributed by atoms with E-state index in [4.69, 9.17) is 11.6 Å². The fourth-order valence-electron chi connectivity index (χ4n) is 3.95. The van der Waals surface area contributed by atoms with Gasteiger partial charge in [-0.25, -0.2) is 8.42 Å². The van der Waals surface area contributed by atoms with Crippen LogP contribution in [0.2, 0.25) is 5.02 Å². The number of nitrogens with one attached hydrogen (secondary N) is 1. The summed E-state index contributed by atoms with van der Waals surface area (Å²) in [6, 6.07) is 13.5. The molecule has 0 aliphatic heterocycles. The molecule has 0 aromatic heterocycles. The summed E-state index contributed by atoms with van der Waals surface area (Å²) < 4.78 is 26.6. The van der Waals surface area contributed by atoms with E-state index in [2.05, 4.69) is 26.1 Å². The van der Waals surface area contributed by atoms with E-state index in [1.54, 1.807) is 36.4 Å². The van der Waals surface area contributed by atoms with Gasteiger partial charge in [-0.2, -0.15) is 0 Å². The smallest absolute Gasteiger partial charge is 0.244 e. The fourth-order valence-corrected chi connectivity index (χ4v) is 4.93. The first-order valence-corrected chi connectivity index (χ1v) is 14.9. The van der Waals surface area contributed by atoms with Crippen molar-refractivity contribution in [2.45, 2.75) is 71.9 Å². The minimum Gasteiger partial charge on any atom is -0.354 e. The van der Waals surface area contributed by atoms with Crippen LogP contribution in [0.4, 0.5) is 5.69 Å². The first-order valence-electron chi connectivity index (χ1n) is 12.7. The van der Waals surface area contributed by atoms with Crippen LogP contribution >= 0.6 is 11.6 Å². The van der Waals surface area contributed by atoms with Crippen molar-refractivity contribution >= 4 is 39.1 Å². The third-order valence-corrected chi connectivity index (χ3v) is 7.57. The molecule has 1 atom stereocenters. The minimum atomic E-state index is -3.78. The van der Waals surface area contributed by atoms with E-state index in [1.807, 2.05) is 26.0 Å². The van der Waals surface area contributed by atoms with Crippen molar-refractivity contribution in [1.82, 2.24) is 10.2 Å². The number of hydrogen-bond acceptors (Lipinski definition) is 4. The zero-order chi connectivity index (χ0) is 27.8. The molecular weight excluding hydrogens is 510 g/mol. The maximum atomic E-state index is 13.7. The van der Waals surface area contributed by atoms with Gasteiger partial charge in [0.2, 0.25) is 21.8 Å². The summed E-state index contributed by atoms with van der Waals surface area (Å²) in [5.74, 6) is -0.712. The lowest BCUT2D eigenvalue weighted by Gasteiger charge is -2.33. The van der Waals surface area contributed by atoms with Crippen LogP contribution in [0.25, 0.3) is 0 Å². The molecule has 9 heteroatoms. The predicted octanol–water partition coefficient (Wildman–Crippen LogP) is 5.13. The van der Waals surface area contributed by atoms with E-state index in [9.17, 15) is 18.0 Å². The molecule has 0 heterocycles. The standard InChI is InChI=1S/C28H40ClN3O4S/c1-7-9-18-30-27(34)25(8-2)31(19-21-10-14-23(29)15-11-21)26(33)20-32(37(6,35)36)24-16-12-22(13-17-24)28(3,4)5/h10-17,25H,7-9,18-20H2,1-6H3,(H,30,34)/t25-/m0/s1. The number of halogens is 1. The van der Waals surface area contributed by atoms with Crippen molar-refractivity contribution in [3.63, 3.8) is 0 Å². The zero-order valence-electron chi connectivity index (χ0n) is 22.8. The molecule has 7 nitrogen and oxygen atoms in total. The Hall–Kier alpha value is -2.58. The summed E-state index contributed by atoms with van der Waals surface area (Å²) in [7, 11) is -3.78. The maximum absolute atomic E-state index is 13.7. The Labute approximate surface area is 227 Å². The Morgan fingerprint density at radius 3 is 2.08 bits per heavy atom. The average Bonchev–Trinajstić information content (AvgIpc) is 2.82. The van der Waals surface area contributed by atoms with E-state index in [1.165, 1.54) is 4.90 Å². The lowest BCUT2D eigenvalue weighted by molar-refractivity contribution is -0.140. The molecule has 0 aliphatic carbocycles. The van der Waals surface area contributed by atoms with Crippen molar-refractivity contribution in [3.8, 4) is 0 Å². The highest BCUT2D eigenvalue weighted by atomic mass is 35.5. The van der Waals surface area contributed by atoms with E-state index < -0.39 is 28.5 Å². The van der Waals surface area contributed by atoms with Gasteiger partial charge in [0, 0.05) is 18.1 Å². The van der Waals surface area contributed by atoms with Crippen LogP contribution in [0.1, 0.15) is 65.0 Å². The summed E-state index contributed by atoms with van der Waals surface area (Å²) in [5.41, 5.74) is 2.14. The monoisotopic (exact) mass is 549 g/mol. The lowest BCUT2D eigenvalue weighted by Crippen LogP contribution is -2.52. The van der Waals surface area contributed by atoms with Crippen LogP contribution in [0.3, 0.4) is 0 Å². The van der Waals surface area contributed by atoms with Gasteiger partial charge in [0.25, 0.3) is 0 Å². The molecule has 0 radical (unpaired) electrons. The van der Waals surface area contributed by atoms with Crippen LogP contribution in [-0.4, -0.2) is 50.5 Å². The third kappa shape index (κ3) is 9.04. The molecule has 1 N–H and O–H groups in total. The molecule has 0 spiro atoms. The number of benzene rings is 2. The number of sulfonamides is 1. The van der Waals surface area contributed by atoms with Gasteiger partial charge >= 0.3 is 0 Å². The average molecular weight is 550 g/mol. The van der Waals surface area contributed by atoms with Crippen LogP contribution in [0, 0.1) is 0 Å². The molecule has 0 bridgehead atoms. The molecule has 37 heavy (non-hydrogen) atoms. The Morgan fingerprint density at radius 2 is 1.59 bits per heavy atom. The number of unbranched alkanes of at least 4 members (excludes halogenated alkanes) is 1. The molecule has 2 aromatic rings. The third-order valence-electron chi connectivity index (χ3n) is 6.18. The predicted molar refractivity (Wildman–Crippen MR) is 151 cm³/mol. The van der Waals surface area contributed by atoms with E-state index in [0.29, 0.717) is 23.7 Å². The summed E-state index contributed by atoms with van der Waals surface area (Å²) in [5, 5.41) is 3.48. The number of hydrogen-bond donors (Lipinski definition) is 1. The number of amides is 2. The Kier molecular flexibility index (Phi) is 11.0. The fraction of sp³-hybridized carbons (Fsp3) is 0.500. The first kappa shape index (κ1) is 30.6. The molecular formula is C28H40ClN3O4S. The molecule has 0 aliphatic rings. The van der Waals surface area contributed by atoms with Crippen LogP contribution < -0.4 is 9.62 Å². The Bertz CT molecular complexity index is 1140. The normalized spacial score (nSPS) is 12.6. The highest BCUT2D eigenvalue weighted by Gasteiger charge is 2.31. The second-order valence-corrected chi connectivity index (χ2v) is 12.6. The van der Waals surface area contributed by atoms with Crippen molar-refractivity contribution in [1.29, 1.82) is 0 Å². The van der Waals surface area contributed by atoms with Gasteiger partial charge in [-0.15, -0.1) is 0 Å². The van der Waals surface area contributed by atoms with Crippen molar-refractivity contribution in [2.24, 2.45) is 0 Å². The molecule has 0 saturated carbocycles. The van der Waals surface area contributed by atoms with Crippen LogP contribution in [0.5, 0.6) is 0 Å². The zero-order valence-corrected chi connectivity index (χ0v) is 24.3. The molecule has 2 amide bonds. The van der Waals surface area contributed by atoms with E-state index in [-0.39, 0.29) is 17.9 Å². The number of carbonyl (C=O) groups excluding carboxylic acids is 2.